The SMILES string of the molecule is O=C(CCOCC(F)(F)F)NCc1ccc(NC(=O)c2ccco2)cc1. The minimum Gasteiger partial charge on any atom is -0.459 e. The molecule has 0 saturated heterocycles. The molecule has 140 valence electrons. The average Bonchev–Trinajstić information content (AvgIpc) is 3.12. The van der Waals surface area contributed by atoms with Gasteiger partial charge in [-0.3, -0.25) is 9.59 Å². The predicted octanol–water partition coefficient (Wildman–Crippen LogP) is 3.12. The number of carbonyl (C=O) groups excluding carboxylic acids is 2. The summed E-state index contributed by atoms with van der Waals surface area (Å²) in [4.78, 5) is 23.4. The molecule has 0 aliphatic carbocycles. The summed E-state index contributed by atoms with van der Waals surface area (Å²) in [6.07, 6.45) is -3.16. The number of rotatable bonds is 8. The van der Waals surface area contributed by atoms with Crippen molar-refractivity contribution in [1.82, 2.24) is 5.32 Å². The molecule has 9 heteroatoms. The molecule has 0 radical (unpaired) electrons. The van der Waals surface area contributed by atoms with Crippen molar-refractivity contribution >= 4 is 17.5 Å². The molecular formula is C17H17F3N2O4. The third kappa shape index (κ3) is 6.98. The van der Waals surface area contributed by atoms with Gasteiger partial charge >= 0.3 is 6.18 Å². The minimum atomic E-state index is -4.40. The van der Waals surface area contributed by atoms with Gasteiger partial charge < -0.3 is 19.8 Å². The Morgan fingerprint density at radius 1 is 1.12 bits per heavy atom. The maximum Gasteiger partial charge on any atom is 0.411 e. The molecule has 0 aliphatic heterocycles. The van der Waals surface area contributed by atoms with Gasteiger partial charge in [-0.25, -0.2) is 0 Å². The molecule has 0 saturated carbocycles. The molecule has 26 heavy (non-hydrogen) atoms. The van der Waals surface area contributed by atoms with Crippen LogP contribution < -0.4 is 10.6 Å². The van der Waals surface area contributed by atoms with E-state index >= 15 is 0 Å². The highest BCUT2D eigenvalue weighted by Gasteiger charge is 2.27. The van der Waals surface area contributed by atoms with Crippen molar-refractivity contribution in [1.29, 1.82) is 0 Å². The Labute approximate surface area is 147 Å². The number of ether oxygens (including phenoxy) is 1. The lowest BCUT2D eigenvalue weighted by Crippen LogP contribution is -2.25. The first kappa shape index (κ1) is 19.5. The molecule has 6 nitrogen and oxygen atoms in total. The number of halogens is 3. The highest BCUT2D eigenvalue weighted by Crippen LogP contribution is 2.14. The second kappa shape index (κ2) is 9.04. The Morgan fingerprint density at radius 3 is 2.46 bits per heavy atom. The van der Waals surface area contributed by atoms with Crippen LogP contribution in [0.2, 0.25) is 0 Å². The average molecular weight is 370 g/mol. The minimum absolute atomic E-state index is 0.159. The Hall–Kier alpha value is -2.81. The number of furan rings is 1. The highest BCUT2D eigenvalue weighted by molar-refractivity contribution is 6.02. The fourth-order valence-corrected chi connectivity index (χ4v) is 1.95. The Balaban J connectivity index is 1.70. The maximum absolute atomic E-state index is 11.9. The van der Waals surface area contributed by atoms with Crippen molar-refractivity contribution in [2.45, 2.75) is 19.1 Å². The van der Waals surface area contributed by atoms with Crippen molar-refractivity contribution in [3.63, 3.8) is 0 Å². The monoisotopic (exact) mass is 370 g/mol. The van der Waals surface area contributed by atoms with E-state index in [0.29, 0.717) is 5.69 Å². The van der Waals surface area contributed by atoms with Crippen molar-refractivity contribution in [2.75, 3.05) is 18.5 Å². The highest BCUT2D eigenvalue weighted by atomic mass is 19.4. The van der Waals surface area contributed by atoms with Gasteiger partial charge in [-0.05, 0) is 29.8 Å². The molecule has 2 N–H and O–H groups in total. The topological polar surface area (TPSA) is 80.6 Å². The fraction of sp³-hybridized carbons (Fsp3) is 0.294. The van der Waals surface area contributed by atoms with Crippen LogP contribution >= 0.6 is 0 Å². The normalized spacial score (nSPS) is 11.2. The van der Waals surface area contributed by atoms with Crippen molar-refractivity contribution < 1.29 is 31.9 Å². The van der Waals surface area contributed by atoms with E-state index in [1.54, 1.807) is 30.3 Å². The lowest BCUT2D eigenvalue weighted by molar-refractivity contribution is -0.174. The summed E-state index contributed by atoms with van der Waals surface area (Å²) in [6, 6.07) is 9.88. The van der Waals surface area contributed by atoms with Crippen LogP contribution in [0, 0.1) is 0 Å². The van der Waals surface area contributed by atoms with Crippen LogP contribution in [0.1, 0.15) is 22.5 Å². The van der Waals surface area contributed by atoms with Crippen molar-refractivity contribution in [2.24, 2.45) is 0 Å². The quantitative estimate of drug-likeness (QED) is 0.700. The molecule has 0 atom stereocenters. The van der Waals surface area contributed by atoms with E-state index in [-0.39, 0.29) is 31.2 Å². The van der Waals surface area contributed by atoms with E-state index in [4.69, 9.17) is 4.42 Å². The molecule has 0 fully saturated rings. The van der Waals surface area contributed by atoms with Gasteiger partial charge in [0.1, 0.15) is 6.61 Å². The Morgan fingerprint density at radius 2 is 1.85 bits per heavy atom. The van der Waals surface area contributed by atoms with E-state index in [2.05, 4.69) is 15.4 Å². The third-order valence-electron chi connectivity index (χ3n) is 3.19. The summed E-state index contributed by atoms with van der Waals surface area (Å²) in [5.41, 5.74) is 1.33. The standard InChI is InChI=1S/C17H17F3N2O4/c18-17(19,20)11-25-9-7-15(23)21-10-12-3-5-13(6-4-12)22-16(24)14-2-1-8-26-14/h1-6,8H,7,9-11H2,(H,21,23)(H,22,24). The molecule has 0 spiro atoms. The van der Waals surface area contributed by atoms with Crippen LogP contribution in [-0.4, -0.2) is 31.2 Å². The van der Waals surface area contributed by atoms with E-state index in [0.717, 1.165) is 5.56 Å². The van der Waals surface area contributed by atoms with Gasteiger partial charge in [-0.1, -0.05) is 12.1 Å². The zero-order valence-electron chi connectivity index (χ0n) is 13.6. The number of benzene rings is 1. The van der Waals surface area contributed by atoms with Gasteiger partial charge in [0.05, 0.1) is 12.9 Å². The number of alkyl halides is 3. The molecule has 0 unspecified atom stereocenters. The smallest absolute Gasteiger partial charge is 0.411 e. The van der Waals surface area contributed by atoms with Crippen LogP contribution in [0.15, 0.2) is 47.1 Å². The molecule has 2 amide bonds. The van der Waals surface area contributed by atoms with Gasteiger partial charge in [0.15, 0.2) is 5.76 Å². The molecule has 2 aromatic rings. The van der Waals surface area contributed by atoms with Gasteiger partial charge in [0.25, 0.3) is 5.91 Å². The lowest BCUT2D eigenvalue weighted by Gasteiger charge is -2.09. The van der Waals surface area contributed by atoms with E-state index < -0.39 is 18.7 Å². The van der Waals surface area contributed by atoms with E-state index in [1.165, 1.54) is 12.3 Å². The number of anilines is 1. The second-order valence-electron chi connectivity index (χ2n) is 5.32. The third-order valence-corrected chi connectivity index (χ3v) is 3.19. The number of carbonyl (C=O) groups is 2. The second-order valence-corrected chi connectivity index (χ2v) is 5.32. The van der Waals surface area contributed by atoms with Crippen LogP contribution in [-0.2, 0) is 16.1 Å². The van der Waals surface area contributed by atoms with Crippen LogP contribution in [0.4, 0.5) is 18.9 Å². The fourth-order valence-electron chi connectivity index (χ4n) is 1.95. The zero-order valence-corrected chi connectivity index (χ0v) is 13.6. The molecule has 1 heterocycles. The predicted molar refractivity (Wildman–Crippen MR) is 86.4 cm³/mol. The summed E-state index contributed by atoms with van der Waals surface area (Å²) in [5, 5.41) is 5.23. The van der Waals surface area contributed by atoms with E-state index in [1.807, 2.05) is 0 Å². The van der Waals surface area contributed by atoms with Gasteiger partial charge in [-0.2, -0.15) is 13.2 Å². The molecule has 2 rings (SSSR count). The Bertz CT molecular complexity index is 713. The van der Waals surface area contributed by atoms with Gasteiger partial charge in [0, 0.05) is 18.7 Å². The number of nitrogens with one attached hydrogen (secondary N) is 2. The maximum atomic E-state index is 11.9. The van der Waals surface area contributed by atoms with E-state index in [9.17, 15) is 22.8 Å². The first-order chi connectivity index (χ1) is 12.3. The van der Waals surface area contributed by atoms with Crippen molar-refractivity contribution in [3.8, 4) is 0 Å². The van der Waals surface area contributed by atoms with Gasteiger partial charge in [-0.15, -0.1) is 0 Å². The largest absolute Gasteiger partial charge is 0.459 e. The van der Waals surface area contributed by atoms with Crippen molar-refractivity contribution in [3.05, 3.63) is 54.0 Å². The van der Waals surface area contributed by atoms with Gasteiger partial charge in [0.2, 0.25) is 5.91 Å². The summed E-state index contributed by atoms with van der Waals surface area (Å²) in [7, 11) is 0. The summed E-state index contributed by atoms with van der Waals surface area (Å²) < 4.78 is 45.0. The number of hydrogen-bond acceptors (Lipinski definition) is 4. The first-order valence-corrected chi connectivity index (χ1v) is 7.68. The molecule has 0 bridgehead atoms. The van der Waals surface area contributed by atoms with Crippen LogP contribution in [0.5, 0.6) is 0 Å². The molecule has 1 aromatic heterocycles. The molecule has 1 aromatic carbocycles. The zero-order chi connectivity index (χ0) is 19.0. The van der Waals surface area contributed by atoms with Crippen LogP contribution in [0.25, 0.3) is 0 Å². The first-order valence-electron chi connectivity index (χ1n) is 7.68. The number of hydrogen-bond donors (Lipinski definition) is 2. The molecular weight excluding hydrogens is 353 g/mol. The summed E-state index contributed by atoms with van der Waals surface area (Å²) in [5.74, 6) is -0.605. The molecule has 0 aliphatic rings. The lowest BCUT2D eigenvalue weighted by atomic mass is 10.2. The Kier molecular flexibility index (Phi) is 6.79. The number of amides is 2. The summed E-state index contributed by atoms with van der Waals surface area (Å²) in [6.45, 7) is -1.46. The van der Waals surface area contributed by atoms with Crippen LogP contribution in [0.3, 0.4) is 0 Å². The summed E-state index contributed by atoms with van der Waals surface area (Å²) >= 11 is 0.